The predicted octanol–water partition coefficient (Wildman–Crippen LogP) is 2.67. The van der Waals surface area contributed by atoms with Crippen LogP contribution in [0.1, 0.15) is 48.6 Å². The fourth-order valence-electron chi connectivity index (χ4n) is 2.84. The molecule has 1 aromatic carbocycles. The Morgan fingerprint density at radius 2 is 2.00 bits per heavy atom. The smallest absolute Gasteiger partial charge is 0.112 e. The van der Waals surface area contributed by atoms with E-state index in [-0.39, 0.29) is 6.61 Å². The van der Waals surface area contributed by atoms with Gasteiger partial charge in [0.15, 0.2) is 0 Å². The average Bonchev–Trinajstić information content (AvgIpc) is 2.81. The molecule has 0 bridgehead atoms. The Balaban J connectivity index is 1.63. The first kappa shape index (κ1) is 13.3. The van der Waals surface area contributed by atoms with E-state index >= 15 is 0 Å². The molecular formula is C16H21N3O. The van der Waals surface area contributed by atoms with E-state index in [1.54, 1.807) is 0 Å². The van der Waals surface area contributed by atoms with Crippen LogP contribution in [0.2, 0.25) is 0 Å². The second kappa shape index (κ2) is 6.18. The minimum absolute atomic E-state index is 0.00448. The largest absolute Gasteiger partial charge is 0.390 e. The molecule has 0 atom stereocenters. The third kappa shape index (κ3) is 2.75. The Morgan fingerprint density at radius 3 is 2.65 bits per heavy atom. The number of aromatic nitrogens is 3. The first-order chi connectivity index (χ1) is 9.88. The van der Waals surface area contributed by atoms with Crippen molar-refractivity contribution < 1.29 is 5.11 Å². The number of hydrogen-bond acceptors (Lipinski definition) is 3. The summed E-state index contributed by atoms with van der Waals surface area (Å²) in [6.07, 6.45) is 5.81. The maximum atomic E-state index is 9.39. The molecule has 1 aromatic heterocycles. The second-order valence-corrected chi connectivity index (χ2v) is 5.52. The number of benzene rings is 1. The van der Waals surface area contributed by atoms with Crippen LogP contribution in [-0.2, 0) is 19.6 Å². The molecule has 1 N–H and O–H groups in total. The molecule has 2 aromatic rings. The molecule has 0 radical (unpaired) electrons. The molecule has 1 fully saturated rings. The summed E-state index contributed by atoms with van der Waals surface area (Å²) in [5, 5.41) is 17.7. The lowest BCUT2D eigenvalue weighted by atomic mass is 9.82. The highest BCUT2D eigenvalue weighted by atomic mass is 16.3. The fraction of sp³-hybridized carbons (Fsp3) is 0.500. The van der Waals surface area contributed by atoms with Crippen LogP contribution < -0.4 is 0 Å². The van der Waals surface area contributed by atoms with Crippen molar-refractivity contribution in [1.29, 1.82) is 0 Å². The maximum absolute atomic E-state index is 9.39. The van der Waals surface area contributed by atoms with E-state index in [4.69, 9.17) is 0 Å². The van der Waals surface area contributed by atoms with Crippen molar-refractivity contribution in [2.24, 2.45) is 0 Å². The Labute approximate surface area is 119 Å². The minimum atomic E-state index is 0.00448. The summed E-state index contributed by atoms with van der Waals surface area (Å²) in [5.74, 6) is 0.559. The molecule has 0 unspecified atom stereocenters. The molecule has 4 nitrogen and oxygen atoms in total. The van der Waals surface area contributed by atoms with E-state index in [2.05, 4.69) is 34.6 Å². The van der Waals surface area contributed by atoms with Gasteiger partial charge in [0.25, 0.3) is 0 Å². The molecular weight excluding hydrogens is 250 g/mol. The summed E-state index contributed by atoms with van der Waals surface area (Å²) < 4.78 is 2.01. The molecule has 1 saturated carbocycles. The molecule has 3 rings (SSSR count). The van der Waals surface area contributed by atoms with E-state index in [1.165, 1.54) is 30.5 Å². The minimum Gasteiger partial charge on any atom is -0.390 e. The first-order valence-electron chi connectivity index (χ1n) is 7.45. The lowest BCUT2D eigenvalue weighted by molar-refractivity contribution is 0.271. The molecule has 4 heteroatoms. The van der Waals surface area contributed by atoms with E-state index in [0.29, 0.717) is 5.92 Å². The number of rotatable bonds is 6. The van der Waals surface area contributed by atoms with Crippen LogP contribution in [0.25, 0.3) is 0 Å². The zero-order valence-electron chi connectivity index (χ0n) is 11.7. The van der Waals surface area contributed by atoms with Crippen LogP contribution in [0.4, 0.5) is 0 Å². The standard InChI is InChI=1S/C16H21N3O/c20-12-15-16(14-9-4-10-14)19(18-17-15)11-5-8-13-6-2-1-3-7-13/h1-3,6-7,14,20H,4-5,8-12H2. The molecule has 1 heterocycles. The van der Waals surface area contributed by atoms with Gasteiger partial charge in [-0.2, -0.15) is 0 Å². The van der Waals surface area contributed by atoms with Crippen LogP contribution >= 0.6 is 0 Å². The van der Waals surface area contributed by atoms with Crippen molar-refractivity contribution in [3.63, 3.8) is 0 Å². The van der Waals surface area contributed by atoms with E-state index < -0.39 is 0 Å². The average molecular weight is 271 g/mol. The monoisotopic (exact) mass is 271 g/mol. The topological polar surface area (TPSA) is 50.9 Å². The highest BCUT2D eigenvalue weighted by Crippen LogP contribution is 2.37. The summed E-state index contributed by atoms with van der Waals surface area (Å²) in [6.45, 7) is 0.887. The Hall–Kier alpha value is -1.68. The number of nitrogens with zero attached hydrogens (tertiary/aromatic N) is 3. The Morgan fingerprint density at radius 1 is 1.20 bits per heavy atom. The van der Waals surface area contributed by atoms with Gasteiger partial charge in [-0.05, 0) is 31.2 Å². The van der Waals surface area contributed by atoms with Gasteiger partial charge in [0, 0.05) is 12.5 Å². The Bertz CT molecular complexity index is 546. The SMILES string of the molecule is OCc1nnn(CCCc2ccccc2)c1C1CCC1. The van der Waals surface area contributed by atoms with Crippen molar-refractivity contribution in [2.75, 3.05) is 0 Å². The third-order valence-corrected chi connectivity index (χ3v) is 4.17. The van der Waals surface area contributed by atoms with Gasteiger partial charge in [-0.25, -0.2) is 4.68 Å². The van der Waals surface area contributed by atoms with E-state index in [1.807, 2.05) is 10.7 Å². The van der Waals surface area contributed by atoms with Crippen LogP contribution in [0, 0.1) is 0 Å². The quantitative estimate of drug-likeness (QED) is 0.878. The van der Waals surface area contributed by atoms with Crippen LogP contribution in [0.3, 0.4) is 0 Å². The molecule has 0 saturated heterocycles. The fourth-order valence-corrected chi connectivity index (χ4v) is 2.84. The summed E-state index contributed by atoms with van der Waals surface area (Å²) in [5.41, 5.74) is 3.31. The van der Waals surface area contributed by atoms with Gasteiger partial charge in [-0.3, -0.25) is 0 Å². The number of aryl methyl sites for hydroxylation is 2. The van der Waals surface area contributed by atoms with Crippen molar-refractivity contribution >= 4 is 0 Å². The first-order valence-corrected chi connectivity index (χ1v) is 7.45. The van der Waals surface area contributed by atoms with Gasteiger partial charge >= 0.3 is 0 Å². The lowest BCUT2D eigenvalue weighted by Crippen LogP contribution is -2.17. The van der Waals surface area contributed by atoms with Gasteiger partial charge in [0.1, 0.15) is 5.69 Å². The number of hydrogen-bond donors (Lipinski definition) is 1. The zero-order valence-corrected chi connectivity index (χ0v) is 11.7. The van der Waals surface area contributed by atoms with E-state index in [9.17, 15) is 5.11 Å². The second-order valence-electron chi connectivity index (χ2n) is 5.52. The molecule has 1 aliphatic carbocycles. The normalized spacial score (nSPS) is 15.2. The highest BCUT2D eigenvalue weighted by Gasteiger charge is 2.27. The van der Waals surface area contributed by atoms with Gasteiger partial charge in [-0.1, -0.05) is 42.0 Å². The molecule has 0 amide bonds. The van der Waals surface area contributed by atoms with Crippen molar-refractivity contribution in [3.8, 4) is 0 Å². The van der Waals surface area contributed by atoms with Gasteiger partial charge in [0.05, 0.1) is 12.3 Å². The zero-order chi connectivity index (χ0) is 13.8. The van der Waals surface area contributed by atoms with Gasteiger partial charge in [-0.15, -0.1) is 5.10 Å². The molecule has 106 valence electrons. The van der Waals surface area contributed by atoms with E-state index in [0.717, 1.165) is 25.1 Å². The summed E-state index contributed by atoms with van der Waals surface area (Å²) >= 11 is 0. The molecule has 0 spiro atoms. The molecule has 1 aliphatic rings. The van der Waals surface area contributed by atoms with Gasteiger partial charge < -0.3 is 5.11 Å². The molecule has 20 heavy (non-hydrogen) atoms. The summed E-state index contributed by atoms with van der Waals surface area (Å²) in [4.78, 5) is 0. The Kier molecular flexibility index (Phi) is 4.11. The van der Waals surface area contributed by atoms with Crippen molar-refractivity contribution in [1.82, 2.24) is 15.0 Å². The van der Waals surface area contributed by atoms with Crippen LogP contribution in [0.15, 0.2) is 30.3 Å². The number of aliphatic hydroxyl groups excluding tert-OH is 1. The van der Waals surface area contributed by atoms with Crippen molar-refractivity contribution in [2.45, 2.75) is 51.2 Å². The molecule has 0 aliphatic heterocycles. The highest BCUT2D eigenvalue weighted by molar-refractivity contribution is 5.18. The summed E-state index contributed by atoms with van der Waals surface area (Å²) in [6, 6.07) is 10.5. The van der Waals surface area contributed by atoms with Crippen molar-refractivity contribution in [3.05, 3.63) is 47.3 Å². The predicted molar refractivity (Wildman–Crippen MR) is 77.3 cm³/mol. The van der Waals surface area contributed by atoms with Crippen LogP contribution in [0.5, 0.6) is 0 Å². The number of aliphatic hydroxyl groups is 1. The van der Waals surface area contributed by atoms with Crippen LogP contribution in [-0.4, -0.2) is 20.1 Å². The lowest BCUT2D eigenvalue weighted by Gasteiger charge is -2.26. The summed E-state index contributed by atoms with van der Waals surface area (Å²) in [7, 11) is 0. The third-order valence-electron chi connectivity index (χ3n) is 4.17. The maximum Gasteiger partial charge on any atom is 0.112 e. The van der Waals surface area contributed by atoms with Gasteiger partial charge in [0.2, 0.25) is 0 Å².